The Labute approximate surface area is 217 Å². The molecule has 2 N–H and O–H groups in total. The summed E-state index contributed by atoms with van der Waals surface area (Å²) < 4.78 is 16.6. The van der Waals surface area contributed by atoms with Crippen molar-refractivity contribution in [3.05, 3.63) is 34.4 Å². The first-order valence-electron chi connectivity index (χ1n) is 13.8. The van der Waals surface area contributed by atoms with Crippen LogP contribution in [-0.4, -0.2) is 46.1 Å². The molecule has 0 saturated heterocycles. The van der Waals surface area contributed by atoms with Gasteiger partial charge in [0.15, 0.2) is 0 Å². The monoisotopic (exact) mass is 516 g/mol. The molecule has 8 nitrogen and oxygen atoms in total. The molecule has 0 bridgehead atoms. The summed E-state index contributed by atoms with van der Waals surface area (Å²) in [5, 5.41) is 22.2. The first-order valence-corrected chi connectivity index (χ1v) is 13.8. The maximum absolute atomic E-state index is 12.6. The minimum absolute atomic E-state index is 0.0161. The summed E-state index contributed by atoms with van der Waals surface area (Å²) >= 11 is 0. The fourth-order valence-electron chi connectivity index (χ4n) is 9.02. The molecule has 0 aliphatic heterocycles. The van der Waals surface area contributed by atoms with Crippen molar-refractivity contribution < 1.29 is 33.7 Å². The van der Waals surface area contributed by atoms with Gasteiger partial charge in [-0.25, -0.2) is 9.59 Å². The number of esters is 2. The van der Waals surface area contributed by atoms with Crippen LogP contribution >= 0.6 is 0 Å². The van der Waals surface area contributed by atoms with E-state index in [1.54, 1.807) is 6.07 Å². The fraction of sp³-hybridized carbons (Fsp3) is 0.759. The van der Waals surface area contributed by atoms with Gasteiger partial charge in [-0.3, -0.25) is 4.79 Å². The predicted molar refractivity (Wildman–Crippen MR) is 133 cm³/mol. The smallest absolute Gasteiger partial charge is 0.335 e. The van der Waals surface area contributed by atoms with E-state index in [4.69, 9.17) is 13.9 Å². The fourth-order valence-corrected chi connectivity index (χ4v) is 9.02. The van der Waals surface area contributed by atoms with E-state index >= 15 is 0 Å². The van der Waals surface area contributed by atoms with E-state index in [0.29, 0.717) is 18.3 Å². The number of aliphatic hydroxyl groups excluding tert-OH is 1. The molecule has 1 heterocycles. The number of ether oxygens (including phenoxy) is 2. The Bertz CT molecular complexity index is 1090. The van der Waals surface area contributed by atoms with Gasteiger partial charge in [-0.2, -0.15) is 0 Å². The van der Waals surface area contributed by atoms with Crippen LogP contribution in [0.15, 0.2) is 27.6 Å². The summed E-state index contributed by atoms with van der Waals surface area (Å²) in [7, 11) is 0. The molecular formula is C29H40O8. The largest absolute Gasteiger partial charge is 0.462 e. The molecule has 5 rings (SSSR count). The van der Waals surface area contributed by atoms with Crippen molar-refractivity contribution in [2.24, 2.45) is 28.6 Å². The zero-order chi connectivity index (χ0) is 26.8. The molecule has 0 aromatic carbocycles. The van der Waals surface area contributed by atoms with Gasteiger partial charge in [-0.1, -0.05) is 13.8 Å². The van der Waals surface area contributed by atoms with Gasteiger partial charge >= 0.3 is 17.6 Å². The molecular weight excluding hydrogens is 476 g/mol. The van der Waals surface area contributed by atoms with Crippen molar-refractivity contribution in [1.82, 2.24) is 0 Å². The lowest BCUT2D eigenvalue weighted by atomic mass is 9.43. The third-order valence-corrected chi connectivity index (χ3v) is 10.8. The van der Waals surface area contributed by atoms with Crippen LogP contribution in [0.4, 0.5) is 0 Å². The maximum atomic E-state index is 12.6. The van der Waals surface area contributed by atoms with E-state index in [-0.39, 0.29) is 29.3 Å². The standard InChI is InChI=1S/C29H40O8/c1-16(30)26(33)37-20-9-11-27(3)19(13-20)6-7-22-21(27)10-12-28(4)25(18-5-8-24(32)35-15-18)23(36-17(2)31)14-29(22,28)34/h5,8,15-16,19-23,25,30,34H,6-7,9-14H2,1-4H3/t16-,19+,20-,21-,22+,23-,25-,27-,28+,29-/m0/s1. The van der Waals surface area contributed by atoms with Gasteiger partial charge in [-0.05, 0) is 86.7 Å². The van der Waals surface area contributed by atoms with Gasteiger partial charge in [-0.15, -0.1) is 0 Å². The third kappa shape index (κ3) is 4.15. The van der Waals surface area contributed by atoms with Crippen molar-refractivity contribution in [1.29, 1.82) is 0 Å². The second-order valence-electron chi connectivity index (χ2n) is 12.6. The Balaban J connectivity index is 1.44. The number of carbonyl (C=O) groups excluding carboxylic acids is 2. The molecule has 4 aliphatic carbocycles. The molecule has 4 aliphatic rings. The van der Waals surface area contributed by atoms with Crippen LogP contribution < -0.4 is 5.63 Å². The summed E-state index contributed by atoms with van der Waals surface area (Å²) in [5.74, 6) is -0.461. The summed E-state index contributed by atoms with van der Waals surface area (Å²) in [5.41, 5.74) is -1.21. The SMILES string of the molecule is CC(=O)O[C@H]1C[C@]2(O)[C@@H]3CC[C@@H]4C[C@@H](OC(=O)[C@H](C)O)CC[C@]4(C)[C@H]3CC[C@]2(C)[C@H]1c1ccc(=O)oc1. The van der Waals surface area contributed by atoms with Gasteiger partial charge in [0.1, 0.15) is 18.3 Å². The highest BCUT2D eigenvalue weighted by atomic mass is 16.6. The normalized spacial score (nSPS) is 43.6. The molecule has 4 fully saturated rings. The molecule has 4 saturated carbocycles. The predicted octanol–water partition coefficient (Wildman–Crippen LogP) is 3.72. The lowest BCUT2D eigenvalue weighted by Crippen LogP contribution is -2.62. The number of aliphatic hydroxyl groups is 2. The van der Waals surface area contributed by atoms with Gasteiger partial charge in [0.2, 0.25) is 0 Å². The Kier molecular flexibility index (Phi) is 6.59. The summed E-state index contributed by atoms with van der Waals surface area (Å²) in [6.07, 6.45) is 6.00. The first-order chi connectivity index (χ1) is 17.4. The van der Waals surface area contributed by atoms with Crippen LogP contribution in [0.1, 0.15) is 90.5 Å². The number of fused-ring (bicyclic) bond motifs is 5. The van der Waals surface area contributed by atoms with Crippen molar-refractivity contribution in [2.75, 3.05) is 0 Å². The molecule has 0 radical (unpaired) electrons. The van der Waals surface area contributed by atoms with Crippen LogP contribution in [0.3, 0.4) is 0 Å². The van der Waals surface area contributed by atoms with Crippen LogP contribution in [0.5, 0.6) is 0 Å². The van der Waals surface area contributed by atoms with Crippen LogP contribution in [0, 0.1) is 28.6 Å². The lowest BCUT2D eigenvalue weighted by molar-refractivity contribution is -0.208. The van der Waals surface area contributed by atoms with E-state index < -0.39 is 34.8 Å². The number of hydrogen-bond acceptors (Lipinski definition) is 8. The van der Waals surface area contributed by atoms with E-state index in [1.807, 2.05) is 0 Å². The third-order valence-electron chi connectivity index (χ3n) is 10.8. The lowest BCUT2D eigenvalue weighted by Gasteiger charge is -2.63. The molecule has 37 heavy (non-hydrogen) atoms. The zero-order valence-corrected chi connectivity index (χ0v) is 22.3. The summed E-state index contributed by atoms with van der Waals surface area (Å²) in [6.45, 7) is 7.29. The number of carbonyl (C=O) groups is 2. The average Bonchev–Trinajstić information content (AvgIpc) is 3.05. The van der Waals surface area contributed by atoms with Gasteiger partial charge in [0, 0.05) is 30.7 Å². The molecule has 1 aromatic heterocycles. The molecule has 204 valence electrons. The Hall–Kier alpha value is -2.19. The molecule has 0 amide bonds. The highest BCUT2D eigenvalue weighted by molar-refractivity contribution is 5.74. The van der Waals surface area contributed by atoms with E-state index in [2.05, 4.69) is 13.8 Å². The molecule has 0 unspecified atom stereocenters. The second kappa shape index (κ2) is 9.23. The van der Waals surface area contributed by atoms with Gasteiger partial charge in [0.05, 0.1) is 11.9 Å². The van der Waals surface area contributed by atoms with E-state index in [1.165, 1.54) is 26.2 Å². The van der Waals surface area contributed by atoms with Crippen molar-refractivity contribution in [3.63, 3.8) is 0 Å². The molecule has 10 atom stereocenters. The zero-order valence-electron chi connectivity index (χ0n) is 22.3. The van der Waals surface area contributed by atoms with Crippen molar-refractivity contribution >= 4 is 11.9 Å². The van der Waals surface area contributed by atoms with Crippen LogP contribution in [0.2, 0.25) is 0 Å². The first kappa shape index (κ1) is 26.4. The van der Waals surface area contributed by atoms with Gasteiger partial charge < -0.3 is 24.1 Å². The van der Waals surface area contributed by atoms with Crippen molar-refractivity contribution in [3.8, 4) is 0 Å². The van der Waals surface area contributed by atoms with E-state index in [9.17, 15) is 24.6 Å². The maximum Gasteiger partial charge on any atom is 0.335 e. The quantitative estimate of drug-likeness (QED) is 0.581. The molecule has 0 spiro atoms. The van der Waals surface area contributed by atoms with Crippen LogP contribution in [-0.2, 0) is 19.1 Å². The Morgan fingerprint density at radius 3 is 2.49 bits per heavy atom. The Morgan fingerprint density at radius 2 is 1.84 bits per heavy atom. The Morgan fingerprint density at radius 1 is 1.08 bits per heavy atom. The van der Waals surface area contributed by atoms with Gasteiger partial charge in [0.25, 0.3) is 0 Å². The summed E-state index contributed by atoms with van der Waals surface area (Å²) in [4.78, 5) is 35.7. The molecule has 8 heteroatoms. The highest BCUT2D eigenvalue weighted by Gasteiger charge is 2.70. The summed E-state index contributed by atoms with van der Waals surface area (Å²) in [6, 6.07) is 3.13. The number of hydrogen-bond donors (Lipinski definition) is 2. The average molecular weight is 517 g/mol. The van der Waals surface area contributed by atoms with Crippen LogP contribution in [0.25, 0.3) is 0 Å². The van der Waals surface area contributed by atoms with Crippen molar-refractivity contribution in [2.45, 2.75) is 109 Å². The highest BCUT2D eigenvalue weighted by Crippen LogP contribution is 2.71. The topological polar surface area (TPSA) is 123 Å². The second-order valence-corrected chi connectivity index (χ2v) is 12.6. The molecule has 1 aromatic rings. The van der Waals surface area contributed by atoms with E-state index in [0.717, 1.165) is 50.5 Å². The minimum Gasteiger partial charge on any atom is -0.462 e. The minimum atomic E-state index is -1.12. The number of rotatable bonds is 4.